The molecule has 1 aromatic rings. The van der Waals surface area contributed by atoms with Gasteiger partial charge < -0.3 is 10.2 Å². The Morgan fingerprint density at radius 2 is 1.87 bits per heavy atom. The lowest BCUT2D eigenvalue weighted by Crippen LogP contribution is -2.28. The van der Waals surface area contributed by atoms with Crippen molar-refractivity contribution in [1.82, 2.24) is 0 Å². The van der Waals surface area contributed by atoms with Crippen molar-refractivity contribution in [2.75, 3.05) is 0 Å². The van der Waals surface area contributed by atoms with E-state index in [2.05, 4.69) is 0 Å². The molecular weight excluding hydrogens is 192 g/mol. The van der Waals surface area contributed by atoms with Crippen LogP contribution in [-0.4, -0.2) is 16.0 Å². The van der Waals surface area contributed by atoms with E-state index in [0.717, 1.165) is 0 Å². The third-order valence-electron chi connectivity index (χ3n) is 2.72. The van der Waals surface area contributed by atoms with Gasteiger partial charge in [-0.25, -0.2) is 0 Å². The molecule has 3 nitrogen and oxygen atoms in total. The first-order valence-corrected chi connectivity index (χ1v) is 4.95. The van der Waals surface area contributed by atoms with Gasteiger partial charge in [-0.05, 0) is 31.5 Å². The van der Waals surface area contributed by atoms with E-state index in [9.17, 15) is 15.0 Å². The predicted octanol–water partition coefficient (Wildman–Crippen LogP) is 2.35. The molecule has 2 N–H and O–H groups in total. The zero-order chi connectivity index (χ0) is 11.6. The number of phenols is 2. The molecule has 1 aromatic carbocycles. The molecule has 0 saturated carbocycles. The minimum Gasteiger partial charge on any atom is -0.504 e. The highest BCUT2D eigenvalue weighted by Crippen LogP contribution is 2.32. The molecule has 0 atom stereocenters. The number of Topliss-reactive ketones (excluding diaryl/α,β-unsaturated/α-hetero) is 1. The van der Waals surface area contributed by atoms with Gasteiger partial charge in [-0.1, -0.05) is 13.0 Å². The van der Waals surface area contributed by atoms with Gasteiger partial charge in [0.25, 0.3) is 0 Å². The summed E-state index contributed by atoms with van der Waals surface area (Å²) in [5, 5.41) is 18.5. The number of ketones is 1. The summed E-state index contributed by atoms with van der Waals surface area (Å²) in [6, 6.07) is 4.49. The molecule has 0 fully saturated rings. The molecule has 0 aliphatic rings. The molecular formula is C12H16O3. The van der Waals surface area contributed by atoms with E-state index in [0.29, 0.717) is 12.0 Å². The number of phenolic OH excluding ortho intramolecular Hbond substituents is 2. The van der Waals surface area contributed by atoms with Crippen LogP contribution in [0.4, 0.5) is 0 Å². The number of carbonyl (C=O) groups is 1. The summed E-state index contributed by atoms with van der Waals surface area (Å²) in [5.41, 5.74) is 0.0876. The second kappa shape index (κ2) is 3.93. The van der Waals surface area contributed by atoms with Gasteiger partial charge in [0, 0.05) is 11.8 Å². The number of aromatic hydroxyl groups is 2. The summed E-state index contributed by atoms with van der Waals surface area (Å²) < 4.78 is 0. The van der Waals surface area contributed by atoms with Gasteiger partial charge >= 0.3 is 0 Å². The largest absolute Gasteiger partial charge is 0.504 e. The first-order valence-electron chi connectivity index (χ1n) is 4.95. The quantitative estimate of drug-likeness (QED) is 0.750. The number of benzene rings is 1. The number of hydrogen-bond donors (Lipinski definition) is 2. The SMILES string of the molecule is CCC(=O)C(C)(C)c1ccc(O)c(O)c1. The Morgan fingerprint density at radius 1 is 1.27 bits per heavy atom. The average Bonchev–Trinajstić information content (AvgIpc) is 2.20. The summed E-state index contributed by atoms with van der Waals surface area (Å²) in [5.74, 6) is -0.254. The summed E-state index contributed by atoms with van der Waals surface area (Å²) in [6.07, 6.45) is 0.453. The van der Waals surface area contributed by atoms with Crippen molar-refractivity contribution in [3.8, 4) is 11.5 Å². The van der Waals surface area contributed by atoms with Gasteiger partial charge in [0.2, 0.25) is 0 Å². The minimum atomic E-state index is -0.625. The molecule has 0 unspecified atom stereocenters. The molecule has 0 saturated heterocycles. The number of rotatable bonds is 3. The lowest BCUT2D eigenvalue weighted by atomic mass is 9.79. The molecule has 0 aliphatic heterocycles. The van der Waals surface area contributed by atoms with Crippen LogP contribution >= 0.6 is 0 Å². The van der Waals surface area contributed by atoms with Crippen molar-refractivity contribution in [2.45, 2.75) is 32.6 Å². The van der Waals surface area contributed by atoms with Crippen LogP contribution in [0.1, 0.15) is 32.8 Å². The van der Waals surface area contributed by atoms with Crippen molar-refractivity contribution in [1.29, 1.82) is 0 Å². The maximum Gasteiger partial charge on any atom is 0.157 e. The van der Waals surface area contributed by atoms with Gasteiger partial charge in [-0.2, -0.15) is 0 Å². The molecule has 0 aliphatic carbocycles. The van der Waals surface area contributed by atoms with E-state index in [1.165, 1.54) is 12.1 Å². The van der Waals surface area contributed by atoms with Crippen LogP contribution in [0.5, 0.6) is 11.5 Å². The van der Waals surface area contributed by atoms with Crippen LogP contribution < -0.4 is 0 Å². The smallest absolute Gasteiger partial charge is 0.157 e. The maximum atomic E-state index is 11.7. The molecule has 0 spiro atoms. The Kier molecular flexibility index (Phi) is 3.03. The lowest BCUT2D eigenvalue weighted by molar-refractivity contribution is -0.123. The van der Waals surface area contributed by atoms with Gasteiger partial charge in [-0.3, -0.25) is 4.79 Å². The van der Waals surface area contributed by atoms with Gasteiger partial charge in [-0.15, -0.1) is 0 Å². The van der Waals surface area contributed by atoms with Crippen molar-refractivity contribution < 1.29 is 15.0 Å². The van der Waals surface area contributed by atoms with E-state index in [1.807, 2.05) is 20.8 Å². The summed E-state index contributed by atoms with van der Waals surface area (Å²) in [6.45, 7) is 5.43. The summed E-state index contributed by atoms with van der Waals surface area (Å²) >= 11 is 0. The van der Waals surface area contributed by atoms with Crippen LogP contribution in [0, 0.1) is 0 Å². The molecule has 0 amide bonds. The standard InChI is InChI=1S/C12H16O3/c1-4-11(15)12(2,3)8-5-6-9(13)10(14)7-8/h5-7,13-14H,4H2,1-3H3. The zero-order valence-electron chi connectivity index (χ0n) is 9.24. The highest BCUT2D eigenvalue weighted by Gasteiger charge is 2.28. The van der Waals surface area contributed by atoms with E-state index < -0.39 is 5.41 Å². The molecule has 0 bridgehead atoms. The molecule has 82 valence electrons. The normalized spacial score (nSPS) is 11.4. The first-order chi connectivity index (χ1) is 6.89. The predicted molar refractivity (Wildman–Crippen MR) is 58.1 cm³/mol. The second-order valence-electron chi connectivity index (χ2n) is 4.11. The fraction of sp³-hybridized carbons (Fsp3) is 0.417. The van der Waals surface area contributed by atoms with E-state index in [-0.39, 0.29) is 17.3 Å². The fourth-order valence-corrected chi connectivity index (χ4v) is 1.52. The molecule has 0 radical (unpaired) electrons. The van der Waals surface area contributed by atoms with Crippen LogP contribution in [0.25, 0.3) is 0 Å². The molecule has 0 aromatic heterocycles. The molecule has 1 rings (SSSR count). The number of hydrogen-bond acceptors (Lipinski definition) is 3. The van der Waals surface area contributed by atoms with Gasteiger partial charge in [0.15, 0.2) is 11.5 Å². The first kappa shape index (κ1) is 11.6. The summed E-state index contributed by atoms with van der Waals surface area (Å²) in [4.78, 5) is 11.7. The Hall–Kier alpha value is -1.51. The van der Waals surface area contributed by atoms with Crippen molar-refractivity contribution in [3.05, 3.63) is 23.8 Å². The Bertz CT molecular complexity index is 380. The van der Waals surface area contributed by atoms with Crippen LogP contribution in [0.15, 0.2) is 18.2 Å². The lowest BCUT2D eigenvalue weighted by Gasteiger charge is -2.23. The third-order valence-corrected chi connectivity index (χ3v) is 2.72. The second-order valence-corrected chi connectivity index (χ2v) is 4.11. The minimum absolute atomic E-state index is 0.104. The molecule has 0 heterocycles. The Labute approximate surface area is 89.4 Å². The van der Waals surface area contributed by atoms with E-state index in [1.54, 1.807) is 6.07 Å². The average molecular weight is 208 g/mol. The topological polar surface area (TPSA) is 57.5 Å². The van der Waals surface area contributed by atoms with Crippen molar-refractivity contribution in [2.24, 2.45) is 0 Å². The highest BCUT2D eigenvalue weighted by atomic mass is 16.3. The highest BCUT2D eigenvalue weighted by molar-refractivity contribution is 5.89. The summed E-state index contributed by atoms with van der Waals surface area (Å²) in [7, 11) is 0. The zero-order valence-corrected chi connectivity index (χ0v) is 9.24. The van der Waals surface area contributed by atoms with Crippen molar-refractivity contribution >= 4 is 5.78 Å². The number of carbonyl (C=O) groups excluding carboxylic acids is 1. The van der Waals surface area contributed by atoms with Crippen LogP contribution in [0.2, 0.25) is 0 Å². The fourth-order valence-electron chi connectivity index (χ4n) is 1.52. The van der Waals surface area contributed by atoms with Crippen molar-refractivity contribution in [3.63, 3.8) is 0 Å². The molecule has 3 heteroatoms. The monoisotopic (exact) mass is 208 g/mol. The van der Waals surface area contributed by atoms with Crippen LogP contribution in [0.3, 0.4) is 0 Å². The van der Waals surface area contributed by atoms with E-state index in [4.69, 9.17) is 0 Å². The van der Waals surface area contributed by atoms with Gasteiger partial charge in [0.1, 0.15) is 5.78 Å². The van der Waals surface area contributed by atoms with E-state index >= 15 is 0 Å². The Balaban J connectivity index is 3.16. The van der Waals surface area contributed by atoms with Crippen LogP contribution in [-0.2, 0) is 10.2 Å². The van der Waals surface area contributed by atoms with Gasteiger partial charge in [0.05, 0.1) is 0 Å². The third kappa shape index (κ3) is 2.12. The molecule has 15 heavy (non-hydrogen) atoms. The Morgan fingerprint density at radius 3 is 2.33 bits per heavy atom. The maximum absolute atomic E-state index is 11.7.